The molecule has 0 radical (unpaired) electrons. The van der Waals surface area contributed by atoms with Crippen LogP contribution in [0.4, 0.5) is 4.39 Å². The maximum absolute atomic E-state index is 14.3. The van der Waals surface area contributed by atoms with Gasteiger partial charge in [0.25, 0.3) is 5.56 Å². The highest BCUT2D eigenvalue weighted by atomic mass is 31.3. The molecule has 21 heteroatoms. The van der Waals surface area contributed by atoms with E-state index in [0.717, 1.165) is 0 Å². The first kappa shape index (κ1) is 25.7. The van der Waals surface area contributed by atoms with Crippen LogP contribution in [0.1, 0.15) is 11.8 Å². The van der Waals surface area contributed by atoms with Gasteiger partial charge in [0.05, 0.1) is 6.61 Å². The van der Waals surface area contributed by atoms with Crippen molar-refractivity contribution in [2.75, 3.05) is 6.61 Å². The number of nitriles is 1. The van der Waals surface area contributed by atoms with Gasteiger partial charge in [-0.15, -0.1) is 0 Å². The second-order valence-electron chi connectivity index (χ2n) is 5.71. The van der Waals surface area contributed by atoms with Crippen LogP contribution < -0.4 is 11.2 Å². The van der Waals surface area contributed by atoms with E-state index < -0.39 is 71.5 Å². The number of aromatic amines is 1. The van der Waals surface area contributed by atoms with Gasteiger partial charge in [0.1, 0.15) is 23.8 Å². The fourth-order valence-electron chi connectivity index (χ4n) is 2.30. The van der Waals surface area contributed by atoms with Crippen LogP contribution in [0.5, 0.6) is 0 Å². The number of aliphatic hydroxyl groups is 1. The summed E-state index contributed by atoms with van der Waals surface area (Å²) in [6.45, 7) is -1.23. The average Bonchev–Trinajstić information content (AvgIpc) is 2.85. The van der Waals surface area contributed by atoms with Crippen molar-refractivity contribution in [1.82, 2.24) is 9.55 Å². The third-order valence-electron chi connectivity index (χ3n) is 3.47. The van der Waals surface area contributed by atoms with Crippen LogP contribution >= 0.6 is 23.5 Å². The predicted molar refractivity (Wildman–Crippen MR) is 90.7 cm³/mol. The number of phosphoric acid groups is 3. The minimum absolute atomic E-state index is 0.474. The van der Waals surface area contributed by atoms with Crippen LogP contribution in [-0.4, -0.2) is 59.2 Å². The molecule has 2 rings (SSSR count). The average molecular weight is 511 g/mol. The van der Waals surface area contributed by atoms with E-state index >= 15 is 0 Å². The number of rotatable bonds is 8. The lowest BCUT2D eigenvalue weighted by Gasteiger charge is -2.19. The van der Waals surface area contributed by atoms with Crippen LogP contribution in [0.2, 0.25) is 0 Å². The Balaban J connectivity index is 2.13. The monoisotopic (exact) mass is 511 g/mol. The second kappa shape index (κ2) is 9.12. The summed E-state index contributed by atoms with van der Waals surface area (Å²) < 4.78 is 64.4. The van der Waals surface area contributed by atoms with E-state index in [0.29, 0.717) is 10.8 Å². The van der Waals surface area contributed by atoms with Crippen molar-refractivity contribution in [3.8, 4) is 6.07 Å². The number of alkyl halides is 1. The van der Waals surface area contributed by atoms with Gasteiger partial charge in [-0.1, -0.05) is 0 Å². The molecule has 6 N–H and O–H groups in total. The molecular weight excluding hydrogens is 498 g/mol. The fraction of sp³-hybridized carbons (Fsp3) is 0.500. The topological polar surface area (TPSA) is 268 Å². The van der Waals surface area contributed by atoms with E-state index in [1.54, 1.807) is 4.98 Å². The van der Waals surface area contributed by atoms with E-state index in [1.165, 1.54) is 6.07 Å². The predicted octanol–water partition coefficient (Wildman–Crippen LogP) is -1.65. The summed E-state index contributed by atoms with van der Waals surface area (Å²) in [7, 11) is -17.0. The minimum atomic E-state index is -5.80. The molecular formula is C10H13FN3O14P3. The van der Waals surface area contributed by atoms with Gasteiger partial charge in [0, 0.05) is 6.20 Å². The lowest BCUT2D eigenvalue weighted by molar-refractivity contribution is -0.0531. The molecule has 0 saturated carbocycles. The van der Waals surface area contributed by atoms with Crippen molar-refractivity contribution < 1.29 is 60.6 Å². The van der Waals surface area contributed by atoms with E-state index in [-0.39, 0.29) is 0 Å². The Morgan fingerprint density at radius 3 is 2.35 bits per heavy atom. The summed E-state index contributed by atoms with van der Waals surface area (Å²) in [5.41, 5.74) is -2.83. The smallest absolute Gasteiger partial charge is 0.385 e. The molecule has 1 saturated heterocycles. The molecule has 0 aliphatic carbocycles. The molecule has 0 spiro atoms. The molecule has 1 fully saturated rings. The molecule has 0 bridgehead atoms. The number of hydrogen-bond donors (Lipinski definition) is 6. The molecule has 0 aromatic carbocycles. The third kappa shape index (κ3) is 6.70. The van der Waals surface area contributed by atoms with Crippen molar-refractivity contribution >= 4 is 23.5 Å². The minimum Gasteiger partial charge on any atom is -0.385 e. The van der Waals surface area contributed by atoms with Gasteiger partial charge in [-0.05, 0) is 0 Å². The van der Waals surface area contributed by atoms with E-state index in [4.69, 9.17) is 24.7 Å². The number of hydrogen-bond acceptors (Lipinski definition) is 11. The number of aromatic nitrogens is 2. The quantitative estimate of drug-likeness (QED) is 0.213. The maximum Gasteiger partial charge on any atom is 0.490 e. The summed E-state index contributed by atoms with van der Waals surface area (Å²) in [5, 5.41) is 18.8. The normalized spacial score (nSPS) is 27.9. The summed E-state index contributed by atoms with van der Waals surface area (Å²) in [4.78, 5) is 60.2. The Morgan fingerprint density at radius 2 is 1.81 bits per heavy atom. The van der Waals surface area contributed by atoms with E-state index in [9.17, 15) is 37.7 Å². The van der Waals surface area contributed by atoms with Gasteiger partial charge in [0.15, 0.2) is 12.4 Å². The number of nitrogens with zero attached hydrogens (tertiary/aromatic N) is 2. The Labute approximate surface area is 169 Å². The zero-order valence-corrected chi connectivity index (χ0v) is 17.3. The molecule has 1 aromatic heterocycles. The SMILES string of the molecule is N#Cc1cn([C@@H]2O[C@H](COP(=O)(O)OP(=O)(O)OP(=O)(O)O)[C@@H](F)[C@H]2O)c(=O)[nH]c1=O. The first-order chi connectivity index (χ1) is 14.1. The fourth-order valence-corrected chi connectivity index (χ4v) is 5.33. The highest BCUT2D eigenvalue weighted by Crippen LogP contribution is 2.66. The number of ether oxygens (including phenoxy) is 1. The molecule has 0 amide bonds. The Morgan fingerprint density at radius 1 is 1.19 bits per heavy atom. The number of halogens is 1. The van der Waals surface area contributed by atoms with Crippen LogP contribution in [0.15, 0.2) is 15.8 Å². The summed E-state index contributed by atoms with van der Waals surface area (Å²) in [6, 6.07) is 1.44. The Hall–Kier alpha value is -1.57. The first-order valence-electron chi connectivity index (χ1n) is 7.57. The summed E-state index contributed by atoms with van der Waals surface area (Å²) >= 11 is 0. The largest absolute Gasteiger partial charge is 0.490 e. The number of phosphoric ester groups is 1. The van der Waals surface area contributed by atoms with Crippen molar-refractivity contribution in [2.24, 2.45) is 0 Å². The van der Waals surface area contributed by atoms with Crippen LogP contribution in [0, 0.1) is 11.3 Å². The van der Waals surface area contributed by atoms with Gasteiger partial charge in [-0.2, -0.15) is 13.9 Å². The van der Waals surface area contributed by atoms with Gasteiger partial charge in [-0.3, -0.25) is 18.9 Å². The van der Waals surface area contributed by atoms with E-state index in [2.05, 4.69) is 13.1 Å². The maximum atomic E-state index is 14.3. The van der Waals surface area contributed by atoms with Gasteiger partial charge < -0.3 is 29.4 Å². The van der Waals surface area contributed by atoms with Crippen LogP contribution in [0.25, 0.3) is 0 Å². The zero-order chi connectivity index (χ0) is 23.8. The molecule has 31 heavy (non-hydrogen) atoms. The number of H-pyrrole nitrogens is 1. The highest BCUT2D eigenvalue weighted by Gasteiger charge is 2.48. The molecule has 1 aromatic rings. The first-order valence-corrected chi connectivity index (χ1v) is 12.1. The summed E-state index contributed by atoms with van der Waals surface area (Å²) in [6.07, 6.45) is -7.49. The Kier molecular flexibility index (Phi) is 7.56. The van der Waals surface area contributed by atoms with Crippen molar-refractivity contribution in [3.05, 3.63) is 32.6 Å². The van der Waals surface area contributed by atoms with Crippen LogP contribution in [0.3, 0.4) is 0 Å². The lowest BCUT2D eigenvalue weighted by atomic mass is 10.1. The van der Waals surface area contributed by atoms with Crippen molar-refractivity contribution in [3.63, 3.8) is 0 Å². The van der Waals surface area contributed by atoms with Crippen LogP contribution in [-0.2, 0) is 31.6 Å². The van der Waals surface area contributed by atoms with E-state index in [1.807, 2.05) is 0 Å². The van der Waals surface area contributed by atoms with Crippen molar-refractivity contribution in [1.29, 1.82) is 5.26 Å². The zero-order valence-electron chi connectivity index (χ0n) is 14.6. The van der Waals surface area contributed by atoms with Gasteiger partial charge >= 0.3 is 29.2 Å². The molecule has 6 atom stereocenters. The molecule has 1 aliphatic rings. The molecule has 2 heterocycles. The van der Waals surface area contributed by atoms with Gasteiger partial charge in [0.2, 0.25) is 0 Å². The lowest BCUT2D eigenvalue weighted by Crippen LogP contribution is -2.37. The molecule has 2 unspecified atom stereocenters. The standard InChI is InChI=1S/C10H13FN3O14P3/c11-6-5(3-25-30(21,22)28-31(23,24)27-29(18,19)20)26-9(7(6)15)14-2-4(1-12)8(16)13-10(14)17/h2,5-7,9,15H,3H2,(H,21,22)(H,23,24)(H,13,16,17)(H2,18,19,20)/t5-,6-,7-,9-/m1/s1. The summed E-state index contributed by atoms with van der Waals surface area (Å²) in [5.74, 6) is 0. The molecule has 1 aliphatic heterocycles. The van der Waals surface area contributed by atoms with Gasteiger partial charge in [-0.25, -0.2) is 22.9 Å². The van der Waals surface area contributed by atoms with Crippen molar-refractivity contribution in [2.45, 2.75) is 24.6 Å². The number of nitrogens with one attached hydrogen (secondary N) is 1. The Bertz CT molecular complexity index is 1140. The number of aliphatic hydroxyl groups excluding tert-OH is 1. The third-order valence-corrected chi connectivity index (χ3v) is 7.27. The highest BCUT2D eigenvalue weighted by molar-refractivity contribution is 7.66. The molecule has 174 valence electrons. The second-order valence-corrected chi connectivity index (χ2v) is 10.1. The molecule has 17 nitrogen and oxygen atoms in total.